The van der Waals surface area contributed by atoms with Crippen LogP contribution in [0.3, 0.4) is 0 Å². The molecule has 1 atom stereocenters. The van der Waals surface area contributed by atoms with Crippen LogP contribution < -0.4 is 14.8 Å². The highest BCUT2D eigenvalue weighted by molar-refractivity contribution is 7.80. The van der Waals surface area contributed by atoms with Crippen molar-refractivity contribution in [1.82, 2.24) is 9.80 Å². The lowest BCUT2D eigenvalue weighted by atomic mass is 10.1. The molecule has 36 heavy (non-hydrogen) atoms. The molecule has 0 radical (unpaired) electrons. The molecule has 186 valence electrons. The van der Waals surface area contributed by atoms with Crippen molar-refractivity contribution >= 4 is 34.8 Å². The van der Waals surface area contributed by atoms with Crippen LogP contribution in [0, 0.1) is 5.82 Å². The topological polar surface area (TPSA) is 71.1 Å². The Bertz CT molecular complexity index is 1250. The molecule has 2 amide bonds. The summed E-state index contributed by atoms with van der Waals surface area (Å²) in [6.45, 7) is 0.599. The molecule has 1 aliphatic heterocycles. The van der Waals surface area contributed by atoms with Gasteiger partial charge in [-0.25, -0.2) is 4.39 Å². The van der Waals surface area contributed by atoms with E-state index in [4.69, 9.17) is 21.7 Å². The first-order valence-corrected chi connectivity index (χ1v) is 11.7. The van der Waals surface area contributed by atoms with Crippen molar-refractivity contribution in [2.24, 2.45) is 0 Å². The van der Waals surface area contributed by atoms with Gasteiger partial charge in [0, 0.05) is 12.2 Å². The molecule has 1 saturated heterocycles. The maximum absolute atomic E-state index is 13.5. The second-order valence-electron chi connectivity index (χ2n) is 8.28. The highest BCUT2D eigenvalue weighted by atomic mass is 32.1. The monoisotopic (exact) mass is 507 g/mol. The number of carbonyl (C=O) groups excluding carboxylic acids is 2. The summed E-state index contributed by atoms with van der Waals surface area (Å²) in [5.74, 6) is 0.114. The number of halogens is 1. The molecule has 0 spiro atoms. The van der Waals surface area contributed by atoms with Crippen LogP contribution in [0.15, 0.2) is 72.8 Å². The number of carbonyl (C=O) groups is 2. The average Bonchev–Trinajstić information content (AvgIpc) is 3.09. The Hall–Kier alpha value is -3.98. The smallest absolute Gasteiger partial charge is 0.252 e. The summed E-state index contributed by atoms with van der Waals surface area (Å²) in [4.78, 5) is 29.7. The normalized spacial score (nSPS) is 15.2. The highest BCUT2D eigenvalue weighted by Gasteiger charge is 2.43. The van der Waals surface area contributed by atoms with Gasteiger partial charge >= 0.3 is 0 Å². The number of rotatable bonds is 9. The van der Waals surface area contributed by atoms with Crippen molar-refractivity contribution in [2.45, 2.75) is 25.6 Å². The van der Waals surface area contributed by atoms with Gasteiger partial charge in [0.25, 0.3) is 5.91 Å². The molecule has 1 aliphatic rings. The van der Waals surface area contributed by atoms with Crippen LogP contribution in [0.25, 0.3) is 0 Å². The third kappa shape index (κ3) is 5.63. The first kappa shape index (κ1) is 25.1. The number of anilines is 1. The molecule has 3 aromatic rings. The fourth-order valence-electron chi connectivity index (χ4n) is 4.08. The van der Waals surface area contributed by atoms with Gasteiger partial charge in [-0.3, -0.25) is 14.5 Å². The third-order valence-corrected chi connectivity index (χ3v) is 6.35. The zero-order valence-corrected chi connectivity index (χ0v) is 20.8. The maximum atomic E-state index is 13.5. The molecule has 1 heterocycles. The van der Waals surface area contributed by atoms with E-state index in [1.165, 1.54) is 29.2 Å². The number of amides is 2. The van der Waals surface area contributed by atoms with Crippen molar-refractivity contribution in [1.29, 1.82) is 0 Å². The summed E-state index contributed by atoms with van der Waals surface area (Å²) in [6, 6.07) is 19.7. The lowest BCUT2D eigenvalue weighted by Crippen LogP contribution is -2.37. The van der Waals surface area contributed by atoms with Crippen LogP contribution in [-0.2, 0) is 22.7 Å². The molecule has 0 saturated carbocycles. The minimum atomic E-state index is -0.797. The number of nitrogens with zero attached hydrogens (tertiary/aromatic N) is 2. The summed E-state index contributed by atoms with van der Waals surface area (Å²) in [7, 11) is 3.11. The third-order valence-electron chi connectivity index (χ3n) is 5.90. The quantitative estimate of drug-likeness (QED) is 0.434. The summed E-state index contributed by atoms with van der Waals surface area (Å²) in [6.07, 6.45) is -0.116. The molecule has 1 unspecified atom stereocenters. The molecule has 9 heteroatoms. The van der Waals surface area contributed by atoms with Crippen LogP contribution in [-0.4, -0.2) is 47.0 Å². The molecular formula is C27H26FN3O4S. The van der Waals surface area contributed by atoms with Crippen LogP contribution in [0.1, 0.15) is 17.5 Å². The van der Waals surface area contributed by atoms with Crippen molar-refractivity contribution < 1.29 is 23.5 Å². The van der Waals surface area contributed by atoms with Crippen LogP contribution in [0.5, 0.6) is 11.5 Å². The zero-order valence-electron chi connectivity index (χ0n) is 19.9. The van der Waals surface area contributed by atoms with Crippen LogP contribution in [0.2, 0.25) is 0 Å². The first-order chi connectivity index (χ1) is 17.4. The van der Waals surface area contributed by atoms with Gasteiger partial charge in [-0.1, -0.05) is 36.4 Å². The predicted octanol–water partition coefficient (Wildman–Crippen LogP) is 4.37. The molecule has 1 N–H and O–H groups in total. The van der Waals surface area contributed by atoms with E-state index in [1.54, 1.807) is 25.2 Å². The van der Waals surface area contributed by atoms with Gasteiger partial charge in [0.1, 0.15) is 11.9 Å². The minimum absolute atomic E-state index is 0.116. The second-order valence-corrected chi connectivity index (χ2v) is 8.65. The molecule has 4 rings (SSSR count). The Kier molecular flexibility index (Phi) is 7.80. The Morgan fingerprint density at radius 3 is 2.31 bits per heavy atom. The summed E-state index contributed by atoms with van der Waals surface area (Å²) >= 11 is 5.72. The number of hydrogen-bond donors (Lipinski definition) is 1. The molecule has 0 aliphatic carbocycles. The predicted molar refractivity (Wildman–Crippen MR) is 138 cm³/mol. The highest BCUT2D eigenvalue weighted by Crippen LogP contribution is 2.31. The molecule has 1 fully saturated rings. The molecule has 3 aromatic carbocycles. The summed E-state index contributed by atoms with van der Waals surface area (Å²) in [5.41, 5.74) is 2.21. The summed E-state index contributed by atoms with van der Waals surface area (Å²) in [5, 5.41) is 3.08. The van der Waals surface area contributed by atoms with Crippen LogP contribution in [0.4, 0.5) is 10.1 Å². The lowest BCUT2D eigenvalue weighted by Gasteiger charge is -2.24. The van der Waals surface area contributed by atoms with E-state index < -0.39 is 11.9 Å². The fourth-order valence-corrected chi connectivity index (χ4v) is 4.43. The number of benzene rings is 3. The van der Waals surface area contributed by atoms with Gasteiger partial charge in [-0.15, -0.1) is 0 Å². The second kappa shape index (κ2) is 11.2. The standard InChI is InChI=1S/C27H26FN3O4S/c1-34-23-13-8-19(14-24(23)35-2)17-30-22(15-25(32)29-21-11-9-20(28)10-12-21)26(33)31(27(30)36)16-18-6-4-3-5-7-18/h3-14,22H,15-17H2,1-2H3,(H,29,32). The largest absolute Gasteiger partial charge is 0.493 e. The van der Waals surface area contributed by atoms with E-state index in [2.05, 4.69) is 5.32 Å². The first-order valence-electron chi connectivity index (χ1n) is 11.3. The lowest BCUT2D eigenvalue weighted by molar-refractivity contribution is -0.131. The SMILES string of the molecule is COc1ccc(CN2C(=S)N(Cc3ccccc3)C(=O)C2CC(=O)Nc2ccc(F)cc2)cc1OC. The van der Waals surface area contributed by atoms with Gasteiger partial charge in [0.15, 0.2) is 16.6 Å². The summed E-state index contributed by atoms with van der Waals surface area (Å²) < 4.78 is 24.0. The molecule has 0 bridgehead atoms. The van der Waals surface area contributed by atoms with Gasteiger partial charge < -0.3 is 19.7 Å². The van der Waals surface area contributed by atoms with Crippen molar-refractivity contribution in [3.63, 3.8) is 0 Å². The van der Waals surface area contributed by atoms with Gasteiger partial charge in [0.05, 0.1) is 27.2 Å². The maximum Gasteiger partial charge on any atom is 0.252 e. The number of hydrogen-bond acceptors (Lipinski definition) is 5. The van der Waals surface area contributed by atoms with Crippen molar-refractivity contribution in [3.05, 3.63) is 89.7 Å². The zero-order chi connectivity index (χ0) is 25.7. The number of nitrogens with one attached hydrogen (secondary N) is 1. The van der Waals surface area contributed by atoms with Gasteiger partial charge in [0.2, 0.25) is 5.91 Å². The van der Waals surface area contributed by atoms with E-state index >= 15 is 0 Å². The number of methoxy groups -OCH3 is 2. The number of thiocarbonyl (C=S) groups is 1. The van der Waals surface area contributed by atoms with E-state index in [1.807, 2.05) is 42.5 Å². The number of ether oxygens (including phenoxy) is 2. The molecular weight excluding hydrogens is 481 g/mol. The fraction of sp³-hybridized carbons (Fsp3) is 0.222. The Morgan fingerprint density at radius 2 is 1.64 bits per heavy atom. The van der Waals surface area contributed by atoms with Crippen LogP contribution >= 0.6 is 12.2 Å². The van der Waals surface area contributed by atoms with E-state index in [0.29, 0.717) is 35.4 Å². The minimum Gasteiger partial charge on any atom is -0.493 e. The van der Waals surface area contributed by atoms with E-state index in [0.717, 1.165) is 11.1 Å². The van der Waals surface area contributed by atoms with E-state index in [-0.39, 0.29) is 18.2 Å². The average molecular weight is 508 g/mol. The molecule has 7 nitrogen and oxygen atoms in total. The Morgan fingerprint density at radius 1 is 0.944 bits per heavy atom. The Labute approximate surface area is 214 Å². The van der Waals surface area contributed by atoms with Crippen molar-refractivity contribution in [2.75, 3.05) is 19.5 Å². The van der Waals surface area contributed by atoms with Gasteiger partial charge in [-0.2, -0.15) is 0 Å². The van der Waals surface area contributed by atoms with Crippen molar-refractivity contribution in [3.8, 4) is 11.5 Å². The van der Waals surface area contributed by atoms with E-state index in [9.17, 15) is 14.0 Å². The molecule has 0 aromatic heterocycles. The van der Waals surface area contributed by atoms with Gasteiger partial charge in [-0.05, 0) is 59.7 Å². The Balaban J connectivity index is 1.58.